The molecule has 1 aliphatic heterocycles. The van der Waals surface area contributed by atoms with Gasteiger partial charge < -0.3 is 14.6 Å². The van der Waals surface area contributed by atoms with Crippen molar-refractivity contribution in [1.82, 2.24) is 4.90 Å². The third-order valence-corrected chi connectivity index (χ3v) is 4.11. The molecule has 4 nitrogen and oxygen atoms in total. The summed E-state index contributed by atoms with van der Waals surface area (Å²) in [4.78, 5) is 2.39. The highest BCUT2D eigenvalue weighted by molar-refractivity contribution is 5.34. The third kappa shape index (κ3) is 4.70. The van der Waals surface area contributed by atoms with E-state index >= 15 is 0 Å². The van der Waals surface area contributed by atoms with Gasteiger partial charge in [-0.3, -0.25) is 4.90 Å². The zero-order valence-electron chi connectivity index (χ0n) is 13.1. The molecular weight excluding hydrogens is 266 g/mol. The van der Waals surface area contributed by atoms with Gasteiger partial charge in [-0.05, 0) is 44.4 Å². The molecule has 4 heteroatoms. The van der Waals surface area contributed by atoms with Crippen molar-refractivity contribution in [3.05, 3.63) is 29.8 Å². The number of aliphatic hydroxyl groups excluding tert-OH is 1. The molecule has 2 rings (SSSR count). The van der Waals surface area contributed by atoms with Crippen molar-refractivity contribution in [2.75, 3.05) is 33.4 Å². The summed E-state index contributed by atoms with van der Waals surface area (Å²) in [6, 6.07) is 8.68. The number of rotatable bonds is 8. The number of methoxy groups -OCH3 is 1. The predicted octanol–water partition coefficient (Wildman–Crippen LogP) is 2.10. The van der Waals surface area contributed by atoms with E-state index in [1.807, 2.05) is 19.1 Å². The van der Waals surface area contributed by atoms with Crippen LogP contribution in [-0.2, 0) is 11.2 Å². The summed E-state index contributed by atoms with van der Waals surface area (Å²) in [5.74, 6) is 0.958. The van der Waals surface area contributed by atoms with E-state index < -0.39 is 6.10 Å². The smallest absolute Gasteiger partial charge is 0.122 e. The SMILES string of the molecule is CCOCC(O)CN1CCCC1Cc1ccccc1OC. The van der Waals surface area contributed by atoms with Crippen molar-refractivity contribution in [2.24, 2.45) is 0 Å². The lowest BCUT2D eigenvalue weighted by Gasteiger charge is -2.27. The molecule has 1 aliphatic rings. The fourth-order valence-corrected chi connectivity index (χ4v) is 3.07. The minimum absolute atomic E-state index is 0.400. The van der Waals surface area contributed by atoms with Crippen LogP contribution in [-0.4, -0.2) is 55.6 Å². The number of ether oxygens (including phenoxy) is 2. The Morgan fingerprint density at radius 1 is 1.38 bits per heavy atom. The normalized spacial score (nSPS) is 20.6. The van der Waals surface area contributed by atoms with Crippen LogP contribution in [0.15, 0.2) is 24.3 Å². The molecule has 0 aliphatic carbocycles. The van der Waals surface area contributed by atoms with Gasteiger partial charge >= 0.3 is 0 Å². The quantitative estimate of drug-likeness (QED) is 0.797. The summed E-state index contributed by atoms with van der Waals surface area (Å²) in [6.45, 7) is 4.78. The molecular formula is C17H27NO3. The third-order valence-electron chi connectivity index (χ3n) is 4.11. The van der Waals surface area contributed by atoms with Crippen molar-refractivity contribution in [3.63, 3.8) is 0 Å². The van der Waals surface area contributed by atoms with E-state index in [4.69, 9.17) is 9.47 Å². The topological polar surface area (TPSA) is 41.9 Å². The minimum Gasteiger partial charge on any atom is -0.496 e. The molecule has 0 amide bonds. The van der Waals surface area contributed by atoms with Gasteiger partial charge in [0.15, 0.2) is 0 Å². The van der Waals surface area contributed by atoms with Gasteiger partial charge in [-0.2, -0.15) is 0 Å². The fraction of sp³-hybridized carbons (Fsp3) is 0.647. The Morgan fingerprint density at radius 3 is 2.95 bits per heavy atom. The number of likely N-dealkylation sites (tertiary alicyclic amines) is 1. The van der Waals surface area contributed by atoms with Crippen LogP contribution in [0.5, 0.6) is 5.75 Å². The van der Waals surface area contributed by atoms with Crippen LogP contribution in [0.25, 0.3) is 0 Å². The van der Waals surface area contributed by atoms with Crippen LogP contribution >= 0.6 is 0 Å². The Balaban J connectivity index is 1.92. The first-order valence-corrected chi connectivity index (χ1v) is 7.86. The lowest BCUT2D eigenvalue weighted by molar-refractivity contribution is 0.0188. The van der Waals surface area contributed by atoms with Crippen molar-refractivity contribution in [3.8, 4) is 5.75 Å². The largest absolute Gasteiger partial charge is 0.496 e. The average molecular weight is 293 g/mol. The van der Waals surface area contributed by atoms with Crippen LogP contribution in [0, 0.1) is 0 Å². The highest BCUT2D eigenvalue weighted by Gasteiger charge is 2.27. The molecule has 1 N–H and O–H groups in total. The lowest BCUT2D eigenvalue weighted by atomic mass is 10.0. The number of hydrogen-bond acceptors (Lipinski definition) is 4. The van der Waals surface area contributed by atoms with Gasteiger partial charge in [0.05, 0.1) is 19.8 Å². The maximum Gasteiger partial charge on any atom is 0.122 e. The molecule has 1 fully saturated rings. The van der Waals surface area contributed by atoms with Crippen LogP contribution in [0.3, 0.4) is 0 Å². The first-order chi connectivity index (χ1) is 10.2. The average Bonchev–Trinajstić information content (AvgIpc) is 2.92. The second kappa shape index (κ2) is 8.37. The molecule has 1 saturated heterocycles. The Hall–Kier alpha value is -1.10. The molecule has 2 atom stereocenters. The molecule has 118 valence electrons. The van der Waals surface area contributed by atoms with E-state index in [0.717, 1.165) is 18.7 Å². The maximum atomic E-state index is 10.0. The number of para-hydroxylation sites is 1. The van der Waals surface area contributed by atoms with Gasteiger partial charge in [0.2, 0.25) is 0 Å². The van der Waals surface area contributed by atoms with Gasteiger partial charge in [0.25, 0.3) is 0 Å². The monoisotopic (exact) mass is 293 g/mol. The zero-order chi connectivity index (χ0) is 15.1. The minimum atomic E-state index is -0.400. The summed E-state index contributed by atoms with van der Waals surface area (Å²) in [5.41, 5.74) is 1.25. The molecule has 0 bridgehead atoms. The fourth-order valence-electron chi connectivity index (χ4n) is 3.07. The number of β-amino-alcohol motifs (C(OH)–C–C–N with tert-alkyl or cyclic N) is 1. The summed E-state index contributed by atoms with van der Waals surface area (Å²) >= 11 is 0. The second-order valence-corrected chi connectivity index (χ2v) is 5.62. The summed E-state index contributed by atoms with van der Waals surface area (Å²) in [5, 5.41) is 10.0. The number of aliphatic hydroxyl groups is 1. The summed E-state index contributed by atoms with van der Waals surface area (Å²) in [7, 11) is 1.72. The number of nitrogens with zero attached hydrogens (tertiary/aromatic N) is 1. The number of benzene rings is 1. The van der Waals surface area contributed by atoms with E-state index in [-0.39, 0.29) is 0 Å². The first-order valence-electron chi connectivity index (χ1n) is 7.86. The Kier molecular flexibility index (Phi) is 6.49. The van der Waals surface area contributed by atoms with Gasteiger partial charge in [0.1, 0.15) is 5.75 Å². The molecule has 1 aromatic rings. The summed E-state index contributed by atoms with van der Waals surface area (Å²) in [6.07, 6.45) is 2.95. The van der Waals surface area contributed by atoms with Crippen LogP contribution in [0.1, 0.15) is 25.3 Å². The van der Waals surface area contributed by atoms with E-state index in [1.165, 1.54) is 18.4 Å². The maximum absolute atomic E-state index is 10.0. The highest BCUT2D eigenvalue weighted by Crippen LogP contribution is 2.26. The Labute approximate surface area is 127 Å². The standard InChI is InChI=1S/C17H27NO3/c1-3-21-13-16(19)12-18-10-6-8-15(18)11-14-7-4-5-9-17(14)20-2/h4-5,7,9,15-16,19H,3,6,8,10-13H2,1-2H3. The molecule has 2 unspecified atom stereocenters. The van der Waals surface area contributed by atoms with Crippen molar-refractivity contribution in [1.29, 1.82) is 0 Å². The molecule has 0 radical (unpaired) electrons. The number of hydrogen-bond donors (Lipinski definition) is 1. The predicted molar refractivity (Wildman–Crippen MR) is 83.8 cm³/mol. The second-order valence-electron chi connectivity index (χ2n) is 5.62. The molecule has 0 aromatic heterocycles. The van der Waals surface area contributed by atoms with Crippen LogP contribution in [0.2, 0.25) is 0 Å². The van der Waals surface area contributed by atoms with Crippen molar-refractivity contribution in [2.45, 2.75) is 38.3 Å². The van der Waals surface area contributed by atoms with Crippen molar-refractivity contribution >= 4 is 0 Å². The molecule has 1 heterocycles. The Bertz CT molecular complexity index is 424. The highest BCUT2D eigenvalue weighted by atomic mass is 16.5. The van der Waals surface area contributed by atoms with Crippen LogP contribution < -0.4 is 4.74 Å². The zero-order valence-corrected chi connectivity index (χ0v) is 13.1. The molecule has 0 saturated carbocycles. The van der Waals surface area contributed by atoms with Gasteiger partial charge in [-0.1, -0.05) is 18.2 Å². The van der Waals surface area contributed by atoms with E-state index in [2.05, 4.69) is 17.0 Å². The Morgan fingerprint density at radius 2 is 2.19 bits per heavy atom. The van der Waals surface area contributed by atoms with E-state index in [9.17, 15) is 5.11 Å². The first kappa shape index (κ1) is 16.3. The molecule has 1 aromatic carbocycles. The van der Waals surface area contributed by atoms with Crippen LogP contribution in [0.4, 0.5) is 0 Å². The van der Waals surface area contributed by atoms with Crippen molar-refractivity contribution < 1.29 is 14.6 Å². The lowest BCUT2D eigenvalue weighted by Crippen LogP contribution is -2.39. The molecule has 21 heavy (non-hydrogen) atoms. The van der Waals surface area contributed by atoms with Gasteiger partial charge in [-0.25, -0.2) is 0 Å². The van der Waals surface area contributed by atoms with Gasteiger partial charge in [0, 0.05) is 19.2 Å². The van der Waals surface area contributed by atoms with E-state index in [1.54, 1.807) is 7.11 Å². The van der Waals surface area contributed by atoms with E-state index in [0.29, 0.717) is 25.8 Å². The van der Waals surface area contributed by atoms with Gasteiger partial charge in [-0.15, -0.1) is 0 Å². The molecule has 0 spiro atoms. The summed E-state index contributed by atoms with van der Waals surface area (Å²) < 4.78 is 10.7.